The Morgan fingerprint density at radius 2 is 1.92 bits per heavy atom. The van der Waals surface area contributed by atoms with E-state index in [0.29, 0.717) is 23.4 Å². The van der Waals surface area contributed by atoms with E-state index in [1.54, 1.807) is 7.05 Å². The molecule has 1 aromatic heterocycles. The molecule has 0 bridgehead atoms. The van der Waals surface area contributed by atoms with Crippen molar-refractivity contribution in [2.75, 3.05) is 23.4 Å². The maximum Gasteiger partial charge on any atom is 0.155 e. The van der Waals surface area contributed by atoms with Crippen molar-refractivity contribution in [2.45, 2.75) is 19.9 Å². The summed E-state index contributed by atoms with van der Waals surface area (Å²) in [7, 11) is 1.78. The molecule has 4 N–H and O–H groups in total. The highest BCUT2D eigenvalue weighted by molar-refractivity contribution is 5.73. The lowest BCUT2D eigenvalue weighted by Crippen LogP contribution is -2.14. The van der Waals surface area contributed by atoms with E-state index >= 15 is 0 Å². The Bertz CT molecular complexity index is 284. The minimum absolute atomic E-state index is 0.307. The Morgan fingerprint density at radius 1 is 1.31 bits per heavy atom. The number of nitrogens with two attached hydrogens (primary N) is 1. The van der Waals surface area contributed by atoms with Crippen LogP contribution < -0.4 is 16.4 Å². The number of nitrogens with zero attached hydrogens (tertiary/aromatic N) is 2. The van der Waals surface area contributed by atoms with E-state index in [9.17, 15) is 0 Å². The van der Waals surface area contributed by atoms with Gasteiger partial charge in [-0.15, -0.1) is 0 Å². The van der Waals surface area contributed by atoms with Crippen molar-refractivity contribution in [3.8, 4) is 0 Å². The second-order valence-corrected chi connectivity index (χ2v) is 3.03. The van der Waals surface area contributed by atoms with Gasteiger partial charge < -0.3 is 16.4 Å². The first-order valence-electron chi connectivity index (χ1n) is 4.20. The fraction of sp³-hybridized carbons (Fsp3) is 0.500. The van der Waals surface area contributed by atoms with Crippen LogP contribution in [0.2, 0.25) is 0 Å². The third-order valence-electron chi connectivity index (χ3n) is 1.55. The summed E-state index contributed by atoms with van der Waals surface area (Å²) in [6.07, 6.45) is 1.48. The van der Waals surface area contributed by atoms with Crippen molar-refractivity contribution in [2.24, 2.45) is 0 Å². The van der Waals surface area contributed by atoms with Gasteiger partial charge in [-0.25, -0.2) is 9.97 Å². The van der Waals surface area contributed by atoms with Gasteiger partial charge in [0.25, 0.3) is 0 Å². The second kappa shape index (κ2) is 3.93. The highest BCUT2D eigenvalue weighted by Crippen LogP contribution is 2.21. The highest BCUT2D eigenvalue weighted by atomic mass is 15.1. The van der Waals surface area contributed by atoms with Crippen molar-refractivity contribution in [3.05, 3.63) is 6.33 Å². The van der Waals surface area contributed by atoms with Crippen LogP contribution in [0.1, 0.15) is 13.8 Å². The third kappa shape index (κ3) is 2.21. The number of rotatable bonds is 3. The fourth-order valence-corrected chi connectivity index (χ4v) is 0.983. The SMILES string of the molecule is CNc1ncnc(NC(C)C)c1N. The predicted molar refractivity (Wildman–Crippen MR) is 54.7 cm³/mol. The van der Waals surface area contributed by atoms with Crippen LogP contribution in [0.5, 0.6) is 0 Å². The lowest BCUT2D eigenvalue weighted by atomic mass is 10.3. The zero-order valence-electron chi connectivity index (χ0n) is 8.13. The smallest absolute Gasteiger partial charge is 0.155 e. The van der Waals surface area contributed by atoms with Crippen molar-refractivity contribution < 1.29 is 0 Å². The number of hydrogen-bond acceptors (Lipinski definition) is 5. The van der Waals surface area contributed by atoms with E-state index in [2.05, 4.69) is 20.6 Å². The normalized spacial score (nSPS) is 10.2. The van der Waals surface area contributed by atoms with Crippen molar-refractivity contribution in [3.63, 3.8) is 0 Å². The number of nitrogens with one attached hydrogen (secondary N) is 2. The zero-order chi connectivity index (χ0) is 9.84. The number of nitrogen functional groups attached to an aromatic ring is 1. The molecule has 5 nitrogen and oxygen atoms in total. The topological polar surface area (TPSA) is 75.9 Å². The lowest BCUT2D eigenvalue weighted by Gasteiger charge is -2.12. The van der Waals surface area contributed by atoms with Gasteiger partial charge in [0, 0.05) is 13.1 Å². The van der Waals surface area contributed by atoms with Gasteiger partial charge >= 0.3 is 0 Å². The van der Waals surface area contributed by atoms with Gasteiger partial charge in [0.2, 0.25) is 0 Å². The van der Waals surface area contributed by atoms with Crippen LogP contribution >= 0.6 is 0 Å². The second-order valence-electron chi connectivity index (χ2n) is 3.03. The molecule has 0 saturated heterocycles. The van der Waals surface area contributed by atoms with Crippen LogP contribution in [0.4, 0.5) is 17.3 Å². The van der Waals surface area contributed by atoms with Gasteiger partial charge in [-0.2, -0.15) is 0 Å². The molecule has 0 saturated carbocycles. The molecule has 0 aliphatic heterocycles. The molecular formula is C8H15N5. The Balaban J connectivity index is 2.94. The quantitative estimate of drug-likeness (QED) is 0.646. The van der Waals surface area contributed by atoms with Gasteiger partial charge in [0.15, 0.2) is 11.6 Å². The molecule has 0 aliphatic rings. The first-order chi connectivity index (χ1) is 6.15. The fourth-order valence-electron chi connectivity index (χ4n) is 0.983. The Hall–Kier alpha value is -1.52. The van der Waals surface area contributed by atoms with Gasteiger partial charge in [-0.1, -0.05) is 0 Å². The Kier molecular flexibility index (Phi) is 2.89. The van der Waals surface area contributed by atoms with Gasteiger partial charge in [-0.05, 0) is 13.8 Å². The molecule has 0 fully saturated rings. The summed E-state index contributed by atoms with van der Waals surface area (Å²) in [6.45, 7) is 4.06. The highest BCUT2D eigenvalue weighted by Gasteiger charge is 2.06. The summed E-state index contributed by atoms with van der Waals surface area (Å²) < 4.78 is 0. The summed E-state index contributed by atoms with van der Waals surface area (Å²) in [5, 5.41) is 6.02. The van der Waals surface area contributed by atoms with Crippen LogP contribution in [0.25, 0.3) is 0 Å². The van der Waals surface area contributed by atoms with Crippen molar-refractivity contribution in [1.29, 1.82) is 0 Å². The summed E-state index contributed by atoms with van der Waals surface area (Å²) in [6, 6.07) is 0.307. The summed E-state index contributed by atoms with van der Waals surface area (Å²) >= 11 is 0. The average Bonchev–Trinajstić information content (AvgIpc) is 2.08. The molecule has 1 heterocycles. The molecule has 1 rings (SSSR count). The standard InChI is InChI=1S/C8H15N5/c1-5(2)13-8-6(9)7(10-3)11-4-12-8/h4-5H,9H2,1-3H3,(H2,10,11,12,13). The Labute approximate surface area is 77.8 Å². The van der Waals surface area contributed by atoms with E-state index in [1.165, 1.54) is 6.33 Å². The van der Waals surface area contributed by atoms with E-state index in [1.807, 2.05) is 13.8 Å². The van der Waals surface area contributed by atoms with Crippen LogP contribution in [0.3, 0.4) is 0 Å². The number of aromatic nitrogens is 2. The largest absolute Gasteiger partial charge is 0.393 e. The van der Waals surface area contributed by atoms with Crippen molar-refractivity contribution in [1.82, 2.24) is 9.97 Å². The molecule has 72 valence electrons. The molecule has 0 spiro atoms. The van der Waals surface area contributed by atoms with Gasteiger partial charge in [0.1, 0.15) is 12.0 Å². The monoisotopic (exact) mass is 181 g/mol. The van der Waals surface area contributed by atoms with E-state index in [0.717, 1.165) is 0 Å². The molecule has 5 heteroatoms. The van der Waals surface area contributed by atoms with Gasteiger partial charge in [0.05, 0.1) is 0 Å². The maximum absolute atomic E-state index is 5.79. The molecular weight excluding hydrogens is 166 g/mol. The summed E-state index contributed by atoms with van der Waals surface area (Å²) in [5.41, 5.74) is 6.35. The van der Waals surface area contributed by atoms with Gasteiger partial charge in [-0.3, -0.25) is 0 Å². The third-order valence-corrected chi connectivity index (χ3v) is 1.55. The van der Waals surface area contributed by atoms with Crippen molar-refractivity contribution >= 4 is 17.3 Å². The average molecular weight is 181 g/mol. The number of anilines is 3. The molecule has 0 aliphatic carbocycles. The molecule has 0 aromatic carbocycles. The predicted octanol–water partition coefficient (Wildman–Crippen LogP) is 0.921. The van der Waals surface area contributed by atoms with E-state index in [-0.39, 0.29) is 0 Å². The van der Waals surface area contributed by atoms with Crippen LogP contribution in [-0.4, -0.2) is 23.1 Å². The molecule has 1 aromatic rings. The molecule has 13 heavy (non-hydrogen) atoms. The number of hydrogen-bond donors (Lipinski definition) is 3. The first kappa shape index (κ1) is 9.57. The zero-order valence-corrected chi connectivity index (χ0v) is 8.13. The van der Waals surface area contributed by atoms with Crippen LogP contribution in [0.15, 0.2) is 6.33 Å². The molecule has 0 amide bonds. The summed E-state index contributed by atoms with van der Waals surface area (Å²) in [5.74, 6) is 1.33. The maximum atomic E-state index is 5.79. The first-order valence-corrected chi connectivity index (χ1v) is 4.20. The lowest BCUT2D eigenvalue weighted by molar-refractivity contribution is 0.887. The Morgan fingerprint density at radius 3 is 2.46 bits per heavy atom. The van der Waals surface area contributed by atoms with Crippen LogP contribution in [-0.2, 0) is 0 Å². The van der Waals surface area contributed by atoms with E-state index < -0.39 is 0 Å². The minimum Gasteiger partial charge on any atom is -0.393 e. The van der Waals surface area contributed by atoms with Crippen LogP contribution in [0, 0.1) is 0 Å². The minimum atomic E-state index is 0.307. The summed E-state index contributed by atoms with van der Waals surface area (Å²) in [4.78, 5) is 8.02. The van der Waals surface area contributed by atoms with E-state index in [4.69, 9.17) is 5.73 Å². The molecule has 0 atom stereocenters. The molecule has 0 radical (unpaired) electrons. The molecule has 0 unspecified atom stereocenters.